The maximum absolute atomic E-state index is 12.7. The number of ether oxygens (including phenoxy) is 2. The number of benzene rings is 3. The first-order chi connectivity index (χ1) is 13.2. The van der Waals surface area contributed by atoms with Gasteiger partial charge in [0, 0.05) is 5.56 Å². The molecule has 3 rings (SSSR count). The van der Waals surface area contributed by atoms with E-state index in [1.165, 1.54) is 0 Å². The van der Waals surface area contributed by atoms with E-state index in [-0.39, 0.29) is 11.9 Å². The highest BCUT2D eigenvalue weighted by molar-refractivity contribution is 5.94. The lowest BCUT2D eigenvalue weighted by molar-refractivity contribution is 0.0936. The van der Waals surface area contributed by atoms with Crippen LogP contribution in [0.15, 0.2) is 78.9 Å². The van der Waals surface area contributed by atoms with Crippen LogP contribution < -0.4 is 14.8 Å². The predicted octanol–water partition coefficient (Wildman–Crippen LogP) is 4.42. The van der Waals surface area contributed by atoms with Crippen molar-refractivity contribution >= 4 is 5.91 Å². The molecule has 0 aliphatic heterocycles. The molecule has 0 spiro atoms. The highest BCUT2D eigenvalue weighted by atomic mass is 16.5. The third-order valence-corrected chi connectivity index (χ3v) is 4.43. The molecular formula is C23H23NO3. The molecule has 3 aromatic carbocycles. The Kier molecular flexibility index (Phi) is 6.10. The zero-order valence-corrected chi connectivity index (χ0v) is 15.5. The average Bonchev–Trinajstić information content (AvgIpc) is 2.74. The minimum atomic E-state index is -0.195. The molecule has 4 heteroatoms. The summed E-state index contributed by atoms with van der Waals surface area (Å²) in [6.07, 6.45) is 0.675. The van der Waals surface area contributed by atoms with Gasteiger partial charge in [-0.25, -0.2) is 0 Å². The van der Waals surface area contributed by atoms with E-state index >= 15 is 0 Å². The first-order valence-electron chi connectivity index (χ1n) is 8.83. The molecule has 0 radical (unpaired) electrons. The first kappa shape index (κ1) is 18.5. The Morgan fingerprint density at radius 1 is 0.852 bits per heavy atom. The number of hydrogen-bond acceptors (Lipinski definition) is 3. The van der Waals surface area contributed by atoms with Crippen molar-refractivity contribution in [3.05, 3.63) is 95.6 Å². The van der Waals surface area contributed by atoms with Gasteiger partial charge in [0.15, 0.2) is 11.5 Å². The van der Waals surface area contributed by atoms with E-state index < -0.39 is 0 Å². The summed E-state index contributed by atoms with van der Waals surface area (Å²) in [6, 6.07) is 24.9. The fraction of sp³-hybridized carbons (Fsp3) is 0.174. The molecule has 0 bridgehead atoms. The Morgan fingerprint density at radius 3 is 2.11 bits per heavy atom. The number of amides is 1. The Balaban J connectivity index is 1.91. The Bertz CT molecular complexity index is 879. The smallest absolute Gasteiger partial charge is 0.251 e. The summed E-state index contributed by atoms with van der Waals surface area (Å²) in [4.78, 5) is 12.7. The van der Waals surface area contributed by atoms with Crippen LogP contribution in [0, 0.1) is 0 Å². The molecule has 4 nitrogen and oxygen atoms in total. The van der Waals surface area contributed by atoms with E-state index in [4.69, 9.17) is 9.47 Å². The van der Waals surface area contributed by atoms with Gasteiger partial charge in [0.05, 0.1) is 20.3 Å². The van der Waals surface area contributed by atoms with E-state index in [1.54, 1.807) is 14.2 Å². The number of carbonyl (C=O) groups excluding carboxylic acids is 1. The van der Waals surface area contributed by atoms with Crippen molar-refractivity contribution < 1.29 is 14.3 Å². The lowest BCUT2D eigenvalue weighted by Crippen LogP contribution is -2.30. The molecule has 138 valence electrons. The fourth-order valence-corrected chi connectivity index (χ4v) is 3.00. The van der Waals surface area contributed by atoms with Crippen molar-refractivity contribution in [1.82, 2.24) is 5.32 Å². The summed E-state index contributed by atoms with van der Waals surface area (Å²) in [6.45, 7) is 0. The third kappa shape index (κ3) is 4.67. The van der Waals surface area contributed by atoms with Crippen molar-refractivity contribution in [3.8, 4) is 11.5 Å². The van der Waals surface area contributed by atoms with Gasteiger partial charge < -0.3 is 14.8 Å². The van der Waals surface area contributed by atoms with Crippen LogP contribution >= 0.6 is 0 Å². The average molecular weight is 361 g/mol. The van der Waals surface area contributed by atoms with Crippen LogP contribution in [0.3, 0.4) is 0 Å². The molecular weight excluding hydrogens is 338 g/mol. The lowest BCUT2D eigenvalue weighted by atomic mass is 9.98. The molecule has 27 heavy (non-hydrogen) atoms. The minimum Gasteiger partial charge on any atom is -0.493 e. The first-order valence-corrected chi connectivity index (χ1v) is 8.83. The number of carbonyl (C=O) groups is 1. The zero-order valence-electron chi connectivity index (χ0n) is 15.5. The summed E-state index contributed by atoms with van der Waals surface area (Å²) in [5.74, 6) is 1.20. The molecule has 0 saturated heterocycles. The van der Waals surface area contributed by atoms with Gasteiger partial charge in [0.1, 0.15) is 0 Å². The molecule has 0 fully saturated rings. The van der Waals surface area contributed by atoms with Crippen molar-refractivity contribution in [2.24, 2.45) is 0 Å². The molecule has 0 heterocycles. The van der Waals surface area contributed by atoms with E-state index in [9.17, 15) is 4.79 Å². The lowest BCUT2D eigenvalue weighted by Gasteiger charge is -2.21. The second kappa shape index (κ2) is 8.90. The van der Waals surface area contributed by atoms with E-state index in [0.717, 1.165) is 11.1 Å². The molecule has 1 amide bonds. The molecule has 0 saturated carbocycles. The van der Waals surface area contributed by atoms with Gasteiger partial charge in [-0.2, -0.15) is 0 Å². The molecule has 1 N–H and O–H groups in total. The maximum atomic E-state index is 12.7. The summed E-state index contributed by atoms with van der Waals surface area (Å²) in [5, 5.41) is 3.15. The highest BCUT2D eigenvalue weighted by Crippen LogP contribution is 2.31. The summed E-state index contributed by atoms with van der Waals surface area (Å²) in [5.41, 5.74) is 2.74. The normalized spacial score (nSPS) is 11.5. The van der Waals surface area contributed by atoms with Crippen LogP contribution in [0.25, 0.3) is 0 Å². The molecule has 1 atom stereocenters. The van der Waals surface area contributed by atoms with Gasteiger partial charge in [-0.1, -0.05) is 54.6 Å². The summed E-state index contributed by atoms with van der Waals surface area (Å²) >= 11 is 0. The van der Waals surface area contributed by atoms with Crippen LogP contribution in [-0.4, -0.2) is 20.1 Å². The molecule has 0 aliphatic rings. The SMILES string of the molecule is COc1ccc([C@H](Cc2ccccc2)NC(=O)c2ccccc2)cc1OC. The summed E-state index contributed by atoms with van der Waals surface area (Å²) in [7, 11) is 3.21. The second-order valence-corrected chi connectivity index (χ2v) is 6.20. The number of methoxy groups -OCH3 is 2. The van der Waals surface area contributed by atoms with Crippen molar-refractivity contribution in [1.29, 1.82) is 0 Å². The van der Waals surface area contributed by atoms with E-state index in [0.29, 0.717) is 23.5 Å². The van der Waals surface area contributed by atoms with Crippen molar-refractivity contribution in [2.75, 3.05) is 14.2 Å². The highest BCUT2D eigenvalue weighted by Gasteiger charge is 2.18. The molecule has 0 unspecified atom stereocenters. The minimum absolute atomic E-state index is 0.105. The third-order valence-electron chi connectivity index (χ3n) is 4.43. The largest absolute Gasteiger partial charge is 0.493 e. The van der Waals surface area contributed by atoms with Crippen molar-refractivity contribution in [2.45, 2.75) is 12.5 Å². The standard InChI is InChI=1S/C23H23NO3/c1-26-21-14-13-19(16-22(21)27-2)20(15-17-9-5-3-6-10-17)24-23(25)18-11-7-4-8-12-18/h3-14,16,20H,15H2,1-2H3,(H,24,25)/t20-/m0/s1. The van der Waals surface area contributed by atoms with Crippen LogP contribution in [0.2, 0.25) is 0 Å². The van der Waals surface area contributed by atoms with Crippen molar-refractivity contribution in [3.63, 3.8) is 0 Å². The van der Waals surface area contributed by atoms with Crippen LogP contribution in [-0.2, 0) is 6.42 Å². The zero-order chi connectivity index (χ0) is 19.1. The monoisotopic (exact) mass is 361 g/mol. The van der Waals surface area contributed by atoms with Crippen LogP contribution in [0.5, 0.6) is 11.5 Å². The number of hydrogen-bond donors (Lipinski definition) is 1. The molecule has 3 aromatic rings. The topological polar surface area (TPSA) is 47.6 Å². The van der Waals surface area contributed by atoms with E-state index in [2.05, 4.69) is 17.4 Å². The maximum Gasteiger partial charge on any atom is 0.251 e. The van der Waals surface area contributed by atoms with Gasteiger partial charge in [0.2, 0.25) is 0 Å². The van der Waals surface area contributed by atoms with Gasteiger partial charge in [-0.15, -0.1) is 0 Å². The fourth-order valence-electron chi connectivity index (χ4n) is 3.00. The van der Waals surface area contributed by atoms with Gasteiger partial charge in [-0.3, -0.25) is 4.79 Å². The summed E-state index contributed by atoms with van der Waals surface area (Å²) < 4.78 is 10.8. The van der Waals surface area contributed by atoms with Gasteiger partial charge >= 0.3 is 0 Å². The van der Waals surface area contributed by atoms with Crippen LogP contribution in [0.1, 0.15) is 27.5 Å². The van der Waals surface area contributed by atoms with Crippen LogP contribution in [0.4, 0.5) is 0 Å². The number of rotatable bonds is 7. The Hall–Kier alpha value is -3.27. The molecule has 0 aromatic heterocycles. The Labute approximate surface area is 159 Å². The van der Waals surface area contributed by atoms with Gasteiger partial charge in [0.25, 0.3) is 5.91 Å². The molecule has 0 aliphatic carbocycles. The second-order valence-electron chi connectivity index (χ2n) is 6.20. The number of nitrogens with one attached hydrogen (secondary N) is 1. The van der Waals surface area contributed by atoms with E-state index in [1.807, 2.05) is 66.7 Å². The van der Waals surface area contributed by atoms with Gasteiger partial charge in [-0.05, 0) is 41.8 Å². The Morgan fingerprint density at radius 2 is 1.48 bits per heavy atom. The predicted molar refractivity (Wildman–Crippen MR) is 106 cm³/mol. The quantitative estimate of drug-likeness (QED) is 0.678.